The molecule has 1 unspecified atom stereocenters. The van der Waals surface area contributed by atoms with Gasteiger partial charge in [-0.15, -0.1) is 10.2 Å². The molecule has 0 aliphatic heterocycles. The van der Waals surface area contributed by atoms with Crippen LogP contribution in [-0.2, 0) is 0 Å². The van der Waals surface area contributed by atoms with Crippen LogP contribution in [0.4, 0.5) is 5.13 Å². The molecule has 0 radical (unpaired) electrons. The van der Waals surface area contributed by atoms with Gasteiger partial charge >= 0.3 is 0 Å². The zero-order valence-electron chi connectivity index (χ0n) is 4.84. The monoisotopic (exact) mass is 207 g/mol. The predicted octanol–water partition coefficient (Wildman–Crippen LogP) is 1.58. The van der Waals surface area contributed by atoms with Gasteiger partial charge in [0.15, 0.2) is 0 Å². The molecule has 50 valence electrons. The highest BCUT2D eigenvalue weighted by Crippen LogP contribution is 2.25. The molecular weight excluding hydrogens is 202 g/mol. The lowest BCUT2D eigenvalue weighted by molar-refractivity contribution is 0.981. The van der Waals surface area contributed by atoms with Crippen LogP contribution < -0.4 is 5.73 Å². The van der Waals surface area contributed by atoms with E-state index in [1.54, 1.807) is 0 Å². The van der Waals surface area contributed by atoms with Gasteiger partial charge in [0.05, 0.1) is 4.83 Å². The molecule has 0 aliphatic carbocycles. The Morgan fingerprint density at radius 3 is 2.56 bits per heavy atom. The van der Waals surface area contributed by atoms with Crippen LogP contribution >= 0.6 is 27.3 Å². The van der Waals surface area contributed by atoms with E-state index in [0.29, 0.717) is 5.13 Å². The summed E-state index contributed by atoms with van der Waals surface area (Å²) in [7, 11) is 0. The summed E-state index contributed by atoms with van der Waals surface area (Å²) < 4.78 is 0. The van der Waals surface area contributed by atoms with Crippen molar-refractivity contribution < 1.29 is 0 Å². The van der Waals surface area contributed by atoms with Gasteiger partial charge in [-0.25, -0.2) is 0 Å². The van der Waals surface area contributed by atoms with E-state index < -0.39 is 0 Å². The Balaban J connectivity index is 2.85. The summed E-state index contributed by atoms with van der Waals surface area (Å²) in [4.78, 5) is 0.257. The fraction of sp³-hybridized carbons (Fsp3) is 0.500. The van der Waals surface area contributed by atoms with Crippen molar-refractivity contribution >= 4 is 32.4 Å². The summed E-state index contributed by atoms with van der Waals surface area (Å²) in [5.74, 6) is 0. The summed E-state index contributed by atoms with van der Waals surface area (Å²) in [6.07, 6.45) is 0. The highest BCUT2D eigenvalue weighted by atomic mass is 79.9. The lowest BCUT2D eigenvalue weighted by Gasteiger charge is -1.90. The average Bonchev–Trinajstić information content (AvgIpc) is 2.14. The van der Waals surface area contributed by atoms with Gasteiger partial charge < -0.3 is 5.73 Å². The van der Waals surface area contributed by atoms with Crippen LogP contribution in [0.5, 0.6) is 0 Å². The second kappa shape index (κ2) is 2.62. The van der Waals surface area contributed by atoms with Crippen molar-refractivity contribution in [2.24, 2.45) is 0 Å². The van der Waals surface area contributed by atoms with Crippen molar-refractivity contribution in [3.63, 3.8) is 0 Å². The summed E-state index contributed by atoms with van der Waals surface area (Å²) in [5.41, 5.74) is 5.34. The highest BCUT2D eigenvalue weighted by molar-refractivity contribution is 9.09. The first-order chi connectivity index (χ1) is 4.20. The number of nitrogen functional groups attached to an aromatic ring is 1. The normalized spacial score (nSPS) is 13.6. The zero-order valence-corrected chi connectivity index (χ0v) is 7.24. The molecule has 0 fully saturated rings. The maximum Gasteiger partial charge on any atom is 0.203 e. The standard InChI is InChI=1S/C4H6BrN3S/c1-2(5)3-7-8-4(6)9-3/h2H,1H3,(H2,6,8). The SMILES string of the molecule is CC(Br)c1nnc(N)s1. The van der Waals surface area contributed by atoms with E-state index in [1.165, 1.54) is 11.3 Å². The first-order valence-electron chi connectivity index (χ1n) is 2.43. The van der Waals surface area contributed by atoms with Crippen molar-refractivity contribution in [2.45, 2.75) is 11.8 Å². The Morgan fingerprint density at radius 1 is 1.67 bits per heavy atom. The summed E-state index contributed by atoms with van der Waals surface area (Å²) in [6, 6.07) is 0. The second-order valence-electron chi connectivity index (χ2n) is 1.59. The number of anilines is 1. The minimum Gasteiger partial charge on any atom is -0.374 e. The van der Waals surface area contributed by atoms with Gasteiger partial charge in [0.2, 0.25) is 5.13 Å². The van der Waals surface area contributed by atoms with Crippen LogP contribution in [0, 0.1) is 0 Å². The zero-order chi connectivity index (χ0) is 6.85. The molecule has 0 aliphatic rings. The maximum absolute atomic E-state index is 5.34. The van der Waals surface area contributed by atoms with Gasteiger partial charge in [0, 0.05) is 0 Å². The molecular formula is C4H6BrN3S. The first kappa shape index (κ1) is 6.95. The van der Waals surface area contributed by atoms with Crippen molar-refractivity contribution in [2.75, 3.05) is 5.73 Å². The molecule has 1 rings (SSSR count). The van der Waals surface area contributed by atoms with Crippen LogP contribution in [0.25, 0.3) is 0 Å². The smallest absolute Gasteiger partial charge is 0.203 e. The third kappa shape index (κ3) is 1.62. The molecule has 5 heteroatoms. The number of alkyl halides is 1. The fourth-order valence-corrected chi connectivity index (χ4v) is 1.32. The number of hydrogen-bond acceptors (Lipinski definition) is 4. The lowest BCUT2D eigenvalue weighted by atomic mass is 10.5. The van der Waals surface area contributed by atoms with Crippen LogP contribution in [0.3, 0.4) is 0 Å². The Kier molecular flexibility index (Phi) is 2.02. The topological polar surface area (TPSA) is 51.8 Å². The number of hydrogen-bond donors (Lipinski definition) is 1. The number of aromatic nitrogens is 2. The minimum absolute atomic E-state index is 0.257. The molecule has 1 atom stereocenters. The van der Waals surface area contributed by atoms with Gasteiger partial charge in [-0.3, -0.25) is 0 Å². The van der Waals surface area contributed by atoms with Crippen molar-refractivity contribution in [3.05, 3.63) is 5.01 Å². The molecule has 1 heterocycles. The molecule has 0 amide bonds. The molecule has 1 aromatic heterocycles. The van der Waals surface area contributed by atoms with Gasteiger partial charge in [0.25, 0.3) is 0 Å². The second-order valence-corrected chi connectivity index (χ2v) is 4.01. The van der Waals surface area contributed by atoms with Crippen molar-refractivity contribution in [1.82, 2.24) is 10.2 Å². The summed E-state index contributed by atoms with van der Waals surface area (Å²) in [5, 5.41) is 8.91. The van der Waals surface area contributed by atoms with Crippen LogP contribution in [0.2, 0.25) is 0 Å². The van der Waals surface area contributed by atoms with Crippen molar-refractivity contribution in [3.8, 4) is 0 Å². The summed E-state index contributed by atoms with van der Waals surface area (Å²) in [6.45, 7) is 1.99. The molecule has 0 bridgehead atoms. The Bertz CT molecular complexity index is 197. The maximum atomic E-state index is 5.34. The predicted molar refractivity (Wildman–Crippen MR) is 41.7 cm³/mol. The first-order valence-corrected chi connectivity index (χ1v) is 4.16. The number of nitrogens with zero attached hydrogens (tertiary/aromatic N) is 2. The Hall–Kier alpha value is -0.160. The van der Waals surface area contributed by atoms with Crippen LogP contribution in [-0.4, -0.2) is 10.2 Å². The van der Waals surface area contributed by atoms with E-state index in [9.17, 15) is 0 Å². The van der Waals surface area contributed by atoms with E-state index in [1.807, 2.05) is 6.92 Å². The quantitative estimate of drug-likeness (QED) is 0.712. The van der Waals surface area contributed by atoms with E-state index in [2.05, 4.69) is 26.1 Å². The molecule has 0 aromatic carbocycles. The van der Waals surface area contributed by atoms with Gasteiger partial charge in [-0.05, 0) is 6.92 Å². The number of nitrogens with two attached hydrogens (primary N) is 1. The van der Waals surface area contributed by atoms with Gasteiger partial charge in [-0.1, -0.05) is 27.3 Å². The Morgan fingerprint density at radius 2 is 2.33 bits per heavy atom. The third-order valence-corrected chi connectivity index (χ3v) is 2.47. The molecule has 0 saturated carbocycles. The molecule has 0 spiro atoms. The Labute approximate surface area is 65.4 Å². The van der Waals surface area contributed by atoms with E-state index >= 15 is 0 Å². The highest BCUT2D eigenvalue weighted by Gasteiger charge is 2.05. The molecule has 3 nitrogen and oxygen atoms in total. The number of halogens is 1. The van der Waals surface area contributed by atoms with E-state index in [-0.39, 0.29) is 4.83 Å². The lowest BCUT2D eigenvalue weighted by Crippen LogP contribution is -1.81. The van der Waals surface area contributed by atoms with E-state index in [0.717, 1.165) is 5.01 Å². The van der Waals surface area contributed by atoms with Crippen LogP contribution in [0.15, 0.2) is 0 Å². The molecule has 2 N–H and O–H groups in total. The fourth-order valence-electron chi connectivity index (χ4n) is 0.407. The average molecular weight is 208 g/mol. The third-order valence-electron chi connectivity index (χ3n) is 0.797. The van der Waals surface area contributed by atoms with Crippen molar-refractivity contribution in [1.29, 1.82) is 0 Å². The molecule has 1 aromatic rings. The van der Waals surface area contributed by atoms with Crippen LogP contribution in [0.1, 0.15) is 16.8 Å². The minimum atomic E-state index is 0.257. The van der Waals surface area contributed by atoms with Gasteiger partial charge in [0.1, 0.15) is 5.01 Å². The molecule has 0 saturated heterocycles. The van der Waals surface area contributed by atoms with Gasteiger partial charge in [-0.2, -0.15) is 0 Å². The van der Waals surface area contributed by atoms with E-state index in [4.69, 9.17) is 5.73 Å². The number of rotatable bonds is 1. The molecule has 9 heavy (non-hydrogen) atoms. The largest absolute Gasteiger partial charge is 0.374 e. The summed E-state index contributed by atoms with van der Waals surface area (Å²) >= 11 is 4.75.